The first-order chi connectivity index (χ1) is 9.66. The second-order valence-electron chi connectivity index (χ2n) is 4.59. The van der Waals surface area contributed by atoms with Gasteiger partial charge in [0.05, 0.1) is 12.6 Å². The molecule has 2 aromatic carbocycles. The molecule has 0 radical (unpaired) electrons. The summed E-state index contributed by atoms with van der Waals surface area (Å²) < 4.78 is 0. The summed E-state index contributed by atoms with van der Waals surface area (Å²) in [5, 5.41) is 13.1. The van der Waals surface area contributed by atoms with Crippen molar-refractivity contribution in [3.63, 3.8) is 0 Å². The van der Waals surface area contributed by atoms with Crippen LogP contribution in [0.25, 0.3) is 0 Å². The van der Waals surface area contributed by atoms with Gasteiger partial charge in [-0.2, -0.15) is 0 Å². The summed E-state index contributed by atoms with van der Waals surface area (Å²) in [6.07, 6.45) is -0.646. The smallest absolute Gasteiger partial charge is 0.193 e. The lowest BCUT2D eigenvalue weighted by molar-refractivity contribution is 0.186. The summed E-state index contributed by atoms with van der Waals surface area (Å²) in [7, 11) is 0. The van der Waals surface area contributed by atoms with Gasteiger partial charge in [0.1, 0.15) is 0 Å². The van der Waals surface area contributed by atoms with Crippen LogP contribution in [0.15, 0.2) is 59.6 Å². The van der Waals surface area contributed by atoms with Crippen LogP contribution in [-0.2, 0) is 0 Å². The number of para-hydroxylation sites is 1. The molecule has 4 N–H and O–H groups in total. The van der Waals surface area contributed by atoms with Crippen LogP contribution in [0.4, 0.5) is 5.69 Å². The van der Waals surface area contributed by atoms with Gasteiger partial charge in [0.25, 0.3) is 0 Å². The number of anilines is 1. The van der Waals surface area contributed by atoms with E-state index in [1.165, 1.54) is 0 Å². The van der Waals surface area contributed by atoms with Gasteiger partial charge in [-0.3, -0.25) is 4.99 Å². The Hall–Kier alpha value is -2.33. The van der Waals surface area contributed by atoms with E-state index >= 15 is 0 Å². The van der Waals surface area contributed by atoms with Gasteiger partial charge in [-0.1, -0.05) is 42.5 Å². The van der Waals surface area contributed by atoms with Gasteiger partial charge in [0.2, 0.25) is 0 Å². The van der Waals surface area contributed by atoms with E-state index in [1.54, 1.807) is 0 Å². The van der Waals surface area contributed by atoms with E-state index in [1.807, 2.05) is 61.5 Å². The van der Waals surface area contributed by atoms with Gasteiger partial charge in [-0.25, -0.2) is 0 Å². The zero-order valence-corrected chi connectivity index (χ0v) is 11.5. The van der Waals surface area contributed by atoms with E-state index in [2.05, 4.69) is 10.3 Å². The number of nitrogens with one attached hydrogen (secondary N) is 1. The molecule has 0 amide bonds. The van der Waals surface area contributed by atoms with Crippen molar-refractivity contribution in [2.45, 2.75) is 13.0 Å². The Labute approximate surface area is 119 Å². The first kappa shape index (κ1) is 14.1. The molecule has 2 aromatic rings. The van der Waals surface area contributed by atoms with Gasteiger partial charge >= 0.3 is 0 Å². The zero-order valence-electron chi connectivity index (χ0n) is 11.5. The lowest BCUT2D eigenvalue weighted by Gasteiger charge is -2.12. The molecule has 20 heavy (non-hydrogen) atoms. The molecule has 0 bridgehead atoms. The van der Waals surface area contributed by atoms with Crippen LogP contribution in [-0.4, -0.2) is 17.6 Å². The molecular weight excluding hydrogens is 250 g/mol. The van der Waals surface area contributed by atoms with Crippen molar-refractivity contribution in [2.75, 3.05) is 11.9 Å². The van der Waals surface area contributed by atoms with Crippen LogP contribution in [0.3, 0.4) is 0 Å². The van der Waals surface area contributed by atoms with Crippen molar-refractivity contribution in [2.24, 2.45) is 10.7 Å². The minimum Gasteiger partial charge on any atom is -0.386 e. The van der Waals surface area contributed by atoms with Crippen LogP contribution in [0.1, 0.15) is 17.2 Å². The Bertz CT molecular complexity index is 581. The Kier molecular flexibility index (Phi) is 4.74. The SMILES string of the molecule is Cc1ccccc1C(O)CN=C(N)Nc1ccccc1. The first-order valence-electron chi connectivity index (χ1n) is 6.52. The molecule has 1 unspecified atom stereocenters. The molecule has 0 aromatic heterocycles. The third-order valence-corrected chi connectivity index (χ3v) is 3.03. The highest BCUT2D eigenvalue weighted by atomic mass is 16.3. The van der Waals surface area contributed by atoms with Gasteiger partial charge in [-0.15, -0.1) is 0 Å². The number of benzene rings is 2. The number of aliphatic hydroxyl groups excluding tert-OH is 1. The fourth-order valence-electron chi connectivity index (χ4n) is 1.95. The molecule has 4 heteroatoms. The number of aliphatic hydroxyl groups is 1. The summed E-state index contributed by atoms with van der Waals surface area (Å²) in [4.78, 5) is 4.17. The van der Waals surface area contributed by atoms with Crippen LogP contribution in [0, 0.1) is 6.92 Å². The van der Waals surface area contributed by atoms with E-state index in [0.717, 1.165) is 16.8 Å². The minimum atomic E-state index is -0.646. The van der Waals surface area contributed by atoms with Crippen molar-refractivity contribution in [3.8, 4) is 0 Å². The molecule has 0 aliphatic carbocycles. The maximum Gasteiger partial charge on any atom is 0.193 e. The molecule has 2 rings (SSSR count). The second kappa shape index (κ2) is 6.73. The molecule has 0 fully saturated rings. The van der Waals surface area contributed by atoms with E-state index in [0.29, 0.717) is 5.96 Å². The maximum absolute atomic E-state index is 10.1. The zero-order chi connectivity index (χ0) is 14.4. The van der Waals surface area contributed by atoms with Crippen molar-refractivity contribution >= 4 is 11.6 Å². The number of rotatable bonds is 4. The fraction of sp³-hybridized carbons (Fsp3) is 0.188. The average molecular weight is 269 g/mol. The van der Waals surface area contributed by atoms with Gasteiger partial charge in [0, 0.05) is 5.69 Å². The lowest BCUT2D eigenvalue weighted by Crippen LogP contribution is -2.23. The number of guanidine groups is 1. The van der Waals surface area contributed by atoms with Crippen LogP contribution in [0.2, 0.25) is 0 Å². The van der Waals surface area contributed by atoms with Crippen LogP contribution < -0.4 is 11.1 Å². The maximum atomic E-state index is 10.1. The van der Waals surface area contributed by atoms with Crippen molar-refractivity contribution in [1.29, 1.82) is 0 Å². The fourth-order valence-corrected chi connectivity index (χ4v) is 1.95. The van der Waals surface area contributed by atoms with Crippen LogP contribution in [0.5, 0.6) is 0 Å². The number of aryl methyl sites for hydroxylation is 1. The molecule has 104 valence electrons. The Balaban J connectivity index is 1.97. The molecule has 4 nitrogen and oxygen atoms in total. The normalized spacial score (nSPS) is 13.0. The lowest BCUT2D eigenvalue weighted by atomic mass is 10.0. The topological polar surface area (TPSA) is 70.6 Å². The van der Waals surface area contributed by atoms with Crippen molar-refractivity contribution in [3.05, 3.63) is 65.7 Å². The van der Waals surface area contributed by atoms with Crippen molar-refractivity contribution < 1.29 is 5.11 Å². The second-order valence-corrected chi connectivity index (χ2v) is 4.59. The third-order valence-electron chi connectivity index (χ3n) is 3.03. The Morgan fingerprint density at radius 1 is 1.15 bits per heavy atom. The summed E-state index contributed by atoms with van der Waals surface area (Å²) >= 11 is 0. The van der Waals surface area contributed by atoms with Gasteiger partial charge in [-0.05, 0) is 30.2 Å². The quantitative estimate of drug-likeness (QED) is 0.590. The minimum absolute atomic E-state index is 0.233. The molecule has 0 aliphatic heterocycles. The predicted molar refractivity (Wildman–Crippen MR) is 82.7 cm³/mol. The molecule has 0 heterocycles. The number of hydrogen-bond donors (Lipinski definition) is 3. The summed E-state index contributed by atoms with van der Waals surface area (Å²) in [6.45, 7) is 2.20. The molecule has 1 atom stereocenters. The predicted octanol–water partition coefficient (Wildman–Crippen LogP) is 2.46. The number of nitrogens with two attached hydrogens (primary N) is 1. The van der Waals surface area contributed by atoms with Crippen LogP contribution >= 0.6 is 0 Å². The average Bonchev–Trinajstić information content (AvgIpc) is 2.46. The largest absolute Gasteiger partial charge is 0.386 e. The standard InChI is InChI=1S/C16H19N3O/c1-12-7-5-6-10-14(12)15(20)11-18-16(17)19-13-8-3-2-4-9-13/h2-10,15,20H,11H2,1H3,(H3,17,18,19). The Morgan fingerprint density at radius 3 is 2.50 bits per heavy atom. The van der Waals surface area contributed by atoms with E-state index in [9.17, 15) is 5.11 Å². The van der Waals surface area contributed by atoms with Gasteiger partial charge < -0.3 is 16.2 Å². The molecular formula is C16H19N3O. The molecule has 0 saturated heterocycles. The monoisotopic (exact) mass is 269 g/mol. The van der Waals surface area contributed by atoms with E-state index in [4.69, 9.17) is 5.73 Å². The third kappa shape index (κ3) is 3.83. The molecule has 0 aliphatic rings. The molecule has 0 spiro atoms. The van der Waals surface area contributed by atoms with Gasteiger partial charge in [0.15, 0.2) is 5.96 Å². The summed E-state index contributed by atoms with van der Waals surface area (Å²) in [5.41, 5.74) is 8.60. The first-order valence-corrected chi connectivity index (χ1v) is 6.52. The number of nitrogens with zero attached hydrogens (tertiary/aromatic N) is 1. The number of hydrogen-bond acceptors (Lipinski definition) is 2. The summed E-state index contributed by atoms with van der Waals surface area (Å²) in [5.74, 6) is 0.295. The highest BCUT2D eigenvalue weighted by Gasteiger charge is 2.09. The Morgan fingerprint density at radius 2 is 1.80 bits per heavy atom. The number of aliphatic imine (C=N–C) groups is 1. The van der Waals surface area contributed by atoms with E-state index in [-0.39, 0.29) is 6.54 Å². The van der Waals surface area contributed by atoms with Crippen molar-refractivity contribution in [1.82, 2.24) is 0 Å². The highest BCUT2D eigenvalue weighted by Crippen LogP contribution is 2.17. The van der Waals surface area contributed by atoms with E-state index < -0.39 is 6.10 Å². The molecule has 0 saturated carbocycles. The summed E-state index contributed by atoms with van der Waals surface area (Å²) in [6, 6.07) is 17.3. The highest BCUT2D eigenvalue weighted by molar-refractivity contribution is 5.92.